The Labute approximate surface area is 189 Å². The highest BCUT2D eigenvalue weighted by Gasteiger charge is 2.50. The summed E-state index contributed by atoms with van der Waals surface area (Å²) in [7, 11) is 0. The van der Waals surface area contributed by atoms with Crippen LogP contribution >= 0.6 is 0 Å². The fourth-order valence-corrected chi connectivity index (χ4v) is 5.14. The normalized spacial score (nSPS) is 22.5. The second kappa shape index (κ2) is 10.2. The average molecular weight is 434 g/mol. The minimum absolute atomic E-state index is 0.0881. The van der Waals surface area contributed by atoms with Gasteiger partial charge >= 0.3 is 0 Å². The van der Waals surface area contributed by atoms with Crippen LogP contribution in [0.3, 0.4) is 0 Å². The van der Waals surface area contributed by atoms with E-state index < -0.39 is 11.4 Å². The molecule has 1 N–H and O–H groups in total. The average Bonchev–Trinajstić information content (AvgIpc) is 3.26. The van der Waals surface area contributed by atoms with E-state index in [0.29, 0.717) is 17.9 Å². The first-order chi connectivity index (χ1) is 15.6. The van der Waals surface area contributed by atoms with E-state index >= 15 is 0 Å². The second-order valence-electron chi connectivity index (χ2n) is 8.87. The van der Waals surface area contributed by atoms with Crippen LogP contribution in [0.1, 0.15) is 48.0 Å². The van der Waals surface area contributed by atoms with Gasteiger partial charge < -0.3 is 4.79 Å². The molecular formula is C26H31N3O3. The Morgan fingerprint density at radius 2 is 1.62 bits per heavy atom. The molecule has 0 aliphatic carbocycles. The topological polar surface area (TPSA) is 69.7 Å². The van der Waals surface area contributed by atoms with E-state index in [0.717, 1.165) is 51.6 Å². The lowest BCUT2D eigenvalue weighted by molar-refractivity contribution is -0.152. The molecule has 2 aromatic carbocycles. The highest BCUT2D eigenvalue weighted by atomic mass is 16.2. The van der Waals surface area contributed by atoms with Crippen LogP contribution in [0.2, 0.25) is 0 Å². The van der Waals surface area contributed by atoms with Gasteiger partial charge in [-0.05, 0) is 55.7 Å². The standard InChI is InChI=1S/C26H31N3O3/c30-19-15-26(25(32)27-24(31)23-10-5-2-6-11-23)14-7-16-29(26)28-17-12-22(13-18-28)20-21-8-3-1-4-9-21/h1-6,8-11,19,22H,7,12-18,20H2,(H,27,31,32)/t26-/m1/s1. The minimum Gasteiger partial charge on any atom is -0.303 e. The summed E-state index contributed by atoms with van der Waals surface area (Å²) in [5, 5.41) is 6.89. The van der Waals surface area contributed by atoms with Crippen LogP contribution in [0.5, 0.6) is 0 Å². The van der Waals surface area contributed by atoms with Crippen molar-refractivity contribution in [3.63, 3.8) is 0 Å². The molecule has 168 valence electrons. The molecule has 32 heavy (non-hydrogen) atoms. The number of carbonyl (C=O) groups excluding carboxylic acids is 3. The molecule has 6 nitrogen and oxygen atoms in total. The summed E-state index contributed by atoms with van der Waals surface area (Å²) < 4.78 is 0. The van der Waals surface area contributed by atoms with Crippen molar-refractivity contribution in [2.75, 3.05) is 19.6 Å². The Hall–Kier alpha value is -2.83. The number of benzene rings is 2. The highest BCUT2D eigenvalue weighted by molar-refractivity contribution is 6.07. The summed E-state index contributed by atoms with van der Waals surface area (Å²) in [6.45, 7) is 2.44. The number of imide groups is 1. The van der Waals surface area contributed by atoms with Gasteiger partial charge in [-0.25, -0.2) is 10.0 Å². The van der Waals surface area contributed by atoms with Gasteiger partial charge in [-0.3, -0.25) is 14.9 Å². The monoisotopic (exact) mass is 433 g/mol. The van der Waals surface area contributed by atoms with Crippen molar-refractivity contribution in [1.82, 2.24) is 15.3 Å². The summed E-state index contributed by atoms with van der Waals surface area (Å²) in [5.74, 6) is -0.179. The maximum atomic E-state index is 13.3. The first-order valence-corrected chi connectivity index (χ1v) is 11.5. The third kappa shape index (κ3) is 4.81. The van der Waals surface area contributed by atoms with Gasteiger partial charge in [0.1, 0.15) is 11.8 Å². The van der Waals surface area contributed by atoms with Crippen molar-refractivity contribution in [2.24, 2.45) is 5.92 Å². The number of aldehydes is 1. The molecule has 6 heteroatoms. The lowest BCUT2D eigenvalue weighted by atomic mass is 9.89. The molecule has 1 atom stereocenters. The molecule has 2 aromatic rings. The molecule has 4 rings (SSSR count). The first kappa shape index (κ1) is 22.4. The van der Waals surface area contributed by atoms with Gasteiger partial charge in [0, 0.05) is 31.6 Å². The Balaban J connectivity index is 1.42. The Bertz CT molecular complexity index is 926. The van der Waals surface area contributed by atoms with Crippen molar-refractivity contribution in [3.05, 3.63) is 71.8 Å². The number of hydrogen-bond donors (Lipinski definition) is 1. The zero-order chi connectivity index (χ0) is 22.4. The molecular weight excluding hydrogens is 402 g/mol. The SMILES string of the molecule is O=CC[C@@]1(C(=O)NC(=O)c2ccccc2)CCCN1N1CCC(Cc2ccccc2)CC1. The molecule has 0 aromatic heterocycles. The van der Waals surface area contributed by atoms with Crippen molar-refractivity contribution in [3.8, 4) is 0 Å². The van der Waals surface area contributed by atoms with E-state index in [4.69, 9.17) is 0 Å². The zero-order valence-electron chi connectivity index (χ0n) is 18.4. The van der Waals surface area contributed by atoms with Gasteiger partial charge in [-0.2, -0.15) is 0 Å². The quantitative estimate of drug-likeness (QED) is 0.536. The number of nitrogens with zero attached hydrogens (tertiary/aromatic N) is 2. The summed E-state index contributed by atoms with van der Waals surface area (Å²) in [4.78, 5) is 37.5. The summed E-state index contributed by atoms with van der Waals surface area (Å²) >= 11 is 0. The van der Waals surface area contributed by atoms with Crippen molar-refractivity contribution in [1.29, 1.82) is 0 Å². The van der Waals surface area contributed by atoms with Gasteiger partial charge in [0.25, 0.3) is 5.91 Å². The third-order valence-electron chi connectivity index (χ3n) is 6.86. The molecule has 2 aliphatic heterocycles. The van der Waals surface area contributed by atoms with Crippen LogP contribution in [-0.4, -0.2) is 53.3 Å². The molecule has 0 spiro atoms. The molecule has 2 saturated heterocycles. The van der Waals surface area contributed by atoms with Gasteiger partial charge in [0.2, 0.25) is 5.91 Å². The van der Waals surface area contributed by atoms with Crippen LogP contribution in [0.25, 0.3) is 0 Å². The number of hydrazine groups is 1. The Morgan fingerprint density at radius 3 is 2.28 bits per heavy atom. The van der Waals surface area contributed by atoms with Crippen LogP contribution in [-0.2, 0) is 16.0 Å². The van der Waals surface area contributed by atoms with Crippen LogP contribution in [0.15, 0.2) is 60.7 Å². The lowest BCUT2D eigenvalue weighted by Crippen LogP contribution is -2.63. The van der Waals surface area contributed by atoms with E-state index in [9.17, 15) is 14.4 Å². The number of carbonyl (C=O) groups is 3. The third-order valence-corrected chi connectivity index (χ3v) is 6.86. The molecule has 2 amide bonds. The van der Waals surface area contributed by atoms with E-state index in [1.54, 1.807) is 24.3 Å². The van der Waals surface area contributed by atoms with E-state index in [1.165, 1.54) is 5.56 Å². The predicted octanol–water partition coefficient (Wildman–Crippen LogP) is 3.24. The van der Waals surface area contributed by atoms with Gasteiger partial charge in [-0.1, -0.05) is 48.5 Å². The summed E-state index contributed by atoms with van der Waals surface area (Å²) in [6.07, 6.45) is 5.46. The molecule has 0 radical (unpaired) electrons. The second-order valence-corrected chi connectivity index (χ2v) is 8.87. The number of rotatable bonds is 7. The highest BCUT2D eigenvalue weighted by Crippen LogP contribution is 2.36. The molecule has 2 heterocycles. The smallest absolute Gasteiger partial charge is 0.257 e. The predicted molar refractivity (Wildman–Crippen MR) is 123 cm³/mol. The number of hydrogen-bond acceptors (Lipinski definition) is 5. The number of nitrogens with one attached hydrogen (secondary N) is 1. The molecule has 0 bridgehead atoms. The van der Waals surface area contributed by atoms with Crippen molar-refractivity contribution < 1.29 is 14.4 Å². The summed E-state index contributed by atoms with van der Waals surface area (Å²) in [5.41, 5.74) is 0.813. The number of amides is 2. The molecule has 0 unspecified atom stereocenters. The van der Waals surface area contributed by atoms with E-state index in [1.807, 2.05) is 12.1 Å². The van der Waals surface area contributed by atoms with Crippen LogP contribution in [0.4, 0.5) is 0 Å². The van der Waals surface area contributed by atoms with Gasteiger partial charge in [-0.15, -0.1) is 0 Å². The fraction of sp³-hybridized carbons (Fsp3) is 0.423. The van der Waals surface area contributed by atoms with Crippen LogP contribution in [0, 0.1) is 5.92 Å². The lowest BCUT2D eigenvalue weighted by Gasteiger charge is -2.45. The van der Waals surface area contributed by atoms with Gasteiger partial charge in [0.15, 0.2) is 0 Å². The molecule has 2 fully saturated rings. The number of piperidine rings is 1. The van der Waals surface area contributed by atoms with Gasteiger partial charge in [0.05, 0.1) is 0 Å². The zero-order valence-corrected chi connectivity index (χ0v) is 18.4. The van der Waals surface area contributed by atoms with E-state index in [-0.39, 0.29) is 12.3 Å². The van der Waals surface area contributed by atoms with Crippen molar-refractivity contribution >= 4 is 18.1 Å². The molecule has 0 saturated carbocycles. The molecule has 2 aliphatic rings. The maximum absolute atomic E-state index is 13.3. The fourth-order valence-electron chi connectivity index (χ4n) is 5.14. The first-order valence-electron chi connectivity index (χ1n) is 11.5. The summed E-state index contributed by atoms with van der Waals surface area (Å²) in [6, 6.07) is 19.3. The minimum atomic E-state index is -0.988. The largest absolute Gasteiger partial charge is 0.303 e. The Kier molecular flexibility index (Phi) is 7.12. The van der Waals surface area contributed by atoms with E-state index in [2.05, 4.69) is 39.6 Å². The van der Waals surface area contributed by atoms with Crippen LogP contribution < -0.4 is 5.32 Å². The Morgan fingerprint density at radius 1 is 0.969 bits per heavy atom. The van der Waals surface area contributed by atoms with Crippen molar-refractivity contribution in [2.45, 2.75) is 44.1 Å². The maximum Gasteiger partial charge on any atom is 0.257 e.